The fourth-order valence-electron chi connectivity index (χ4n) is 3.80. The number of nitrogens with zero attached hydrogens (tertiary/aromatic N) is 2. The molecular formula is C22H22ClN3O3S. The molecule has 2 aromatic carbocycles. The molecule has 0 spiro atoms. The van der Waals surface area contributed by atoms with Crippen molar-refractivity contribution in [2.75, 3.05) is 5.75 Å². The molecule has 1 aliphatic rings. The van der Waals surface area contributed by atoms with E-state index in [1.54, 1.807) is 6.20 Å². The van der Waals surface area contributed by atoms with Gasteiger partial charge in [-0.15, -0.1) is 0 Å². The predicted molar refractivity (Wildman–Crippen MR) is 115 cm³/mol. The average molecular weight is 444 g/mol. The topological polar surface area (TPSA) is 81.1 Å². The Hall–Kier alpha value is -2.64. The minimum absolute atomic E-state index is 0.0852. The molecule has 156 valence electrons. The molecule has 1 aromatic heterocycles. The predicted octanol–water partition coefficient (Wildman–Crippen LogP) is 3.55. The molecule has 8 heteroatoms. The van der Waals surface area contributed by atoms with E-state index in [-0.39, 0.29) is 10.9 Å². The number of halogens is 1. The highest BCUT2D eigenvalue weighted by molar-refractivity contribution is 7.92. The van der Waals surface area contributed by atoms with Crippen LogP contribution in [0.4, 0.5) is 0 Å². The van der Waals surface area contributed by atoms with Crippen LogP contribution in [-0.2, 0) is 27.6 Å². The fraction of sp³-hybridized carbons (Fsp3) is 0.273. The molecule has 0 saturated carbocycles. The van der Waals surface area contributed by atoms with E-state index in [2.05, 4.69) is 22.5 Å². The van der Waals surface area contributed by atoms with Crippen molar-refractivity contribution in [3.05, 3.63) is 82.6 Å². The van der Waals surface area contributed by atoms with E-state index in [0.29, 0.717) is 11.6 Å². The lowest BCUT2D eigenvalue weighted by atomic mass is 9.93. The number of carbonyl (C=O) groups is 1. The Labute approximate surface area is 180 Å². The van der Waals surface area contributed by atoms with Gasteiger partial charge in [0, 0.05) is 16.3 Å². The molecule has 30 heavy (non-hydrogen) atoms. The molecule has 1 amide bonds. The lowest BCUT2D eigenvalue weighted by Gasteiger charge is -2.24. The summed E-state index contributed by atoms with van der Waals surface area (Å²) in [4.78, 5) is 12.6. The van der Waals surface area contributed by atoms with Crippen LogP contribution in [0.1, 0.15) is 35.7 Å². The maximum absolute atomic E-state index is 12.5. The molecule has 0 fully saturated rings. The molecule has 0 radical (unpaired) electrons. The standard InChI is InChI=1S/C22H22ClN3O3S/c23-17-9-11-18(12-10-17)30(28,29)15-22(27)25-20-7-4-8-21-19(20)13-24-26(21)14-16-5-2-1-3-6-16/h1-3,5-6,9-13,20H,4,7-8,14-15H2,(H,25,27). The van der Waals surface area contributed by atoms with Crippen LogP contribution >= 0.6 is 11.6 Å². The molecular weight excluding hydrogens is 422 g/mol. The van der Waals surface area contributed by atoms with Crippen LogP contribution in [0.5, 0.6) is 0 Å². The third kappa shape index (κ3) is 4.57. The first-order chi connectivity index (χ1) is 14.4. The van der Waals surface area contributed by atoms with Gasteiger partial charge in [-0.25, -0.2) is 8.42 Å². The SMILES string of the molecule is O=C(CS(=O)(=O)c1ccc(Cl)cc1)NC1CCCc2c1cnn2Cc1ccccc1. The first-order valence-corrected chi connectivity index (χ1v) is 11.8. The lowest BCUT2D eigenvalue weighted by Crippen LogP contribution is -2.35. The number of hydrogen-bond acceptors (Lipinski definition) is 4. The van der Waals surface area contributed by atoms with Gasteiger partial charge in [0.25, 0.3) is 0 Å². The van der Waals surface area contributed by atoms with Crippen molar-refractivity contribution in [3.63, 3.8) is 0 Å². The third-order valence-electron chi connectivity index (χ3n) is 5.27. The minimum Gasteiger partial charge on any atom is -0.348 e. The first kappa shape index (κ1) is 20.6. The summed E-state index contributed by atoms with van der Waals surface area (Å²) in [5, 5.41) is 7.85. The molecule has 1 heterocycles. The number of benzene rings is 2. The molecule has 1 unspecified atom stereocenters. The largest absolute Gasteiger partial charge is 0.348 e. The molecule has 3 aromatic rings. The monoisotopic (exact) mass is 443 g/mol. The Morgan fingerprint density at radius 2 is 1.87 bits per heavy atom. The van der Waals surface area contributed by atoms with Gasteiger partial charge in [-0.2, -0.15) is 5.10 Å². The number of hydrogen-bond donors (Lipinski definition) is 1. The van der Waals surface area contributed by atoms with Gasteiger partial charge in [0.15, 0.2) is 9.84 Å². The van der Waals surface area contributed by atoms with Crippen LogP contribution in [0.15, 0.2) is 65.7 Å². The molecule has 0 saturated heterocycles. The Balaban J connectivity index is 1.46. The highest BCUT2D eigenvalue weighted by atomic mass is 35.5. The quantitative estimate of drug-likeness (QED) is 0.631. The van der Waals surface area contributed by atoms with Gasteiger partial charge in [0.2, 0.25) is 5.91 Å². The smallest absolute Gasteiger partial charge is 0.236 e. The van der Waals surface area contributed by atoms with Crippen molar-refractivity contribution < 1.29 is 13.2 Å². The van der Waals surface area contributed by atoms with Crippen molar-refractivity contribution in [2.24, 2.45) is 0 Å². The molecule has 4 rings (SSSR count). The number of rotatable bonds is 6. The van der Waals surface area contributed by atoms with E-state index < -0.39 is 21.5 Å². The summed E-state index contributed by atoms with van der Waals surface area (Å²) in [5.41, 5.74) is 3.22. The molecule has 1 aliphatic carbocycles. The van der Waals surface area contributed by atoms with Crippen LogP contribution < -0.4 is 5.32 Å². The second-order valence-electron chi connectivity index (χ2n) is 7.42. The second kappa shape index (κ2) is 8.62. The molecule has 0 aliphatic heterocycles. The maximum Gasteiger partial charge on any atom is 0.236 e. The summed E-state index contributed by atoms with van der Waals surface area (Å²) < 4.78 is 27.0. The number of amides is 1. The van der Waals surface area contributed by atoms with Gasteiger partial charge < -0.3 is 5.32 Å². The number of sulfone groups is 1. The second-order valence-corrected chi connectivity index (χ2v) is 9.84. The first-order valence-electron chi connectivity index (χ1n) is 9.78. The van der Waals surface area contributed by atoms with Crippen molar-refractivity contribution in [2.45, 2.75) is 36.7 Å². The van der Waals surface area contributed by atoms with E-state index in [9.17, 15) is 13.2 Å². The molecule has 6 nitrogen and oxygen atoms in total. The average Bonchev–Trinajstić information content (AvgIpc) is 3.12. The maximum atomic E-state index is 12.5. The summed E-state index contributed by atoms with van der Waals surface area (Å²) in [5.74, 6) is -1.11. The Morgan fingerprint density at radius 3 is 2.60 bits per heavy atom. The van der Waals surface area contributed by atoms with Crippen molar-refractivity contribution >= 4 is 27.3 Å². The van der Waals surface area contributed by atoms with Gasteiger partial charge in [-0.05, 0) is 49.1 Å². The zero-order valence-corrected chi connectivity index (χ0v) is 17.9. The fourth-order valence-corrected chi connectivity index (χ4v) is 5.07. The van der Waals surface area contributed by atoms with Crippen LogP contribution in [0.3, 0.4) is 0 Å². The Morgan fingerprint density at radius 1 is 1.13 bits per heavy atom. The Bertz CT molecular complexity index is 1140. The van der Waals surface area contributed by atoms with E-state index in [0.717, 1.165) is 36.1 Å². The van der Waals surface area contributed by atoms with Crippen LogP contribution in [0, 0.1) is 0 Å². The lowest BCUT2D eigenvalue weighted by molar-refractivity contribution is -0.119. The highest BCUT2D eigenvalue weighted by Gasteiger charge is 2.27. The summed E-state index contributed by atoms with van der Waals surface area (Å²) in [7, 11) is -3.73. The summed E-state index contributed by atoms with van der Waals surface area (Å²) >= 11 is 5.82. The van der Waals surface area contributed by atoms with Crippen LogP contribution in [-0.4, -0.2) is 29.9 Å². The van der Waals surface area contributed by atoms with Crippen molar-refractivity contribution in [3.8, 4) is 0 Å². The summed E-state index contributed by atoms with van der Waals surface area (Å²) in [6, 6.07) is 15.7. The van der Waals surface area contributed by atoms with Crippen molar-refractivity contribution in [1.29, 1.82) is 0 Å². The normalized spacial score (nSPS) is 16.1. The number of aromatic nitrogens is 2. The molecule has 0 bridgehead atoms. The zero-order valence-electron chi connectivity index (χ0n) is 16.3. The summed E-state index contributed by atoms with van der Waals surface area (Å²) in [6.45, 7) is 0.668. The number of nitrogens with one attached hydrogen (secondary N) is 1. The van der Waals surface area contributed by atoms with Gasteiger partial charge in [-0.1, -0.05) is 41.9 Å². The van der Waals surface area contributed by atoms with Gasteiger partial charge in [0.05, 0.1) is 23.7 Å². The van der Waals surface area contributed by atoms with Crippen LogP contribution in [0.2, 0.25) is 5.02 Å². The molecule has 1 N–H and O–H groups in total. The van der Waals surface area contributed by atoms with E-state index in [1.165, 1.54) is 24.3 Å². The van der Waals surface area contributed by atoms with E-state index >= 15 is 0 Å². The third-order valence-corrected chi connectivity index (χ3v) is 7.15. The van der Waals surface area contributed by atoms with E-state index in [1.807, 2.05) is 22.9 Å². The molecule has 1 atom stereocenters. The highest BCUT2D eigenvalue weighted by Crippen LogP contribution is 2.30. The minimum atomic E-state index is -3.73. The van der Waals surface area contributed by atoms with Gasteiger partial charge in [-0.3, -0.25) is 9.48 Å². The number of fused-ring (bicyclic) bond motifs is 1. The van der Waals surface area contributed by atoms with E-state index in [4.69, 9.17) is 11.6 Å². The van der Waals surface area contributed by atoms with Gasteiger partial charge in [0.1, 0.15) is 5.75 Å². The Kier molecular flexibility index (Phi) is 5.92. The van der Waals surface area contributed by atoms with Crippen molar-refractivity contribution in [1.82, 2.24) is 15.1 Å². The zero-order chi connectivity index (χ0) is 21.1. The van der Waals surface area contributed by atoms with Crippen LogP contribution in [0.25, 0.3) is 0 Å². The van der Waals surface area contributed by atoms with Gasteiger partial charge >= 0.3 is 0 Å². The number of carbonyl (C=O) groups excluding carboxylic acids is 1. The summed E-state index contributed by atoms with van der Waals surface area (Å²) in [6.07, 6.45) is 4.34.